The molecule has 0 bridgehead atoms. The molecule has 2 N–H and O–H groups in total. The van der Waals surface area contributed by atoms with Gasteiger partial charge in [-0.1, -0.05) is 30.3 Å². The summed E-state index contributed by atoms with van der Waals surface area (Å²) >= 11 is 0. The molecule has 0 aliphatic heterocycles. The molecule has 1 aromatic carbocycles. The monoisotopic (exact) mass is 314 g/mol. The molecule has 0 saturated carbocycles. The molecule has 0 atom stereocenters. The van der Waals surface area contributed by atoms with Crippen molar-refractivity contribution < 1.29 is 14.6 Å². The van der Waals surface area contributed by atoms with Crippen LogP contribution in [0.5, 0.6) is 5.88 Å². The second-order valence-corrected chi connectivity index (χ2v) is 5.51. The number of rotatable bonds is 7. The van der Waals surface area contributed by atoms with Gasteiger partial charge in [0.05, 0.1) is 12.7 Å². The zero-order valence-corrected chi connectivity index (χ0v) is 13.5. The number of aliphatic hydroxyl groups is 1. The zero-order chi connectivity index (χ0) is 16.7. The van der Waals surface area contributed by atoms with Gasteiger partial charge in [-0.15, -0.1) is 0 Å². The van der Waals surface area contributed by atoms with Gasteiger partial charge in [-0.2, -0.15) is 0 Å². The Balaban J connectivity index is 1.86. The second kappa shape index (κ2) is 8.29. The summed E-state index contributed by atoms with van der Waals surface area (Å²) in [5.41, 5.74) is 2.33. The number of carbonyl (C=O) groups excluding carboxylic acids is 1. The molecule has 23 heavy (non-hydrogen) atoms. The smallest absolute Gasteiger partial charge is 0.270 e. The molecular formula is C18H22N2O3. The number of amides is 1. The minimum absolute atomic E-state index is 0.0164. The molecule has 0 unspecified atom stereocenters. The number of nitrogens with one attached hydrogen (secondary N) is 1. The van der Waals surface area contributed by atoms with Crippen molar-refractivity contribution in [3.05, 3.63) is 59.3 Å². The molecule has 0 aliphatic carbocycles. The van der Waals surface area contributed by atoms with Gasteiger partial charge in [0, 0.05) is 12.6 Å². The first-order valence-electron chi connectivity index (χ1n) is 7.69. The summed E-state index contributed by atoms with van der Waals surface area (Å²) in [5.74, 6) is 0.235. The Morgan fingerprint density at radius 1 is 1.17 bits per heavy atom. The summed E-state index contributed by atoms with van der Waals surface area (Å²) in [4.78, 5) is 16.3. The van der Waals surface area contributed by atoms with Crippen molar-refractivity contribution in [3.63, 3.8) is 0 Å². The van der Waals surface area contributed by atoms with Crippen molar-refractivity contribution in [2.75, 3.05) is 6.54 Å². The lowest BCUT2D eigenvalue weighted by Crippen LogP contribution is -2.26. The van der Waals surface area contributed by atoms with Crippen LogP contribution in [0.3, 0.4) is 0 Å². The fourth-order valence-electron chi connectivity index (χ4n) is 2.07. The van der Waals surface area contributed by atoms with Gasteiger partial charge in [0.2, 0.25) is 5.88 Å². The van der Waals surface area contributed by atoms with Crippen LogP contribution in [0.1, 0.15) is 35.5 Å². The third-order valence-electron chi connectivity index (χ3n) is 3.22. The Hall–Kier alpha value is -2.40. The average molecular weight is 314 g/mol. The third-order valence-corrected chi connectivity index (χ3v) is 3.22. The summed E-state index contributed by atoms with van der Waals surface area (Å²) in [5, 5.41) is 11.9. The van der Waals surface area contributed by atoms with Crippen molar-refractivity contribution in [3.8, 4) is 5.88 Å². The normalized spacial score (nSPS) is 10.6. The molecule has 5 heteroatoms. The predicted octanol–water partition coefficient (Wildman–Crippen LogP) is 2.33. The van der Waals surface area contributed by atoms with Gasteiger partial charge in [-0.3, -0.25) is 4.79 Å². The maximum absolute atomic E-state index is 12.1. The number of hydrogen-bond donors (Lipinski definition) is 2. The molecule has 2 rings (SSSR count). The highest BCUT2D eigenvalue weighted by Crippen LogP contribution is 2.10. The molecule has 0 saturated heterocycles. The molecular weight excluding hydrogens is 292 g/mol. The van der Waals surface area contributed by atoms with Gasteiger partial charge in [0.25, 0.3) is 5.91 Å². The van der Waals surface area contributed by atoms with Crippen LogP contribution in [-0.2, 0) is 13.0 Å². The Morgan fingerprint density at radius 3 is 2.52 bits per heavy atom. The van der Waals surface area contributed by atoms with Gasteiger partial charge in [0.15, 0.2) is 0 Å². The number of pyridine rings is 1. The summed E-state index contributed by atoms with van der Waals surface area (Å²) < 4.78 is 5.49. The van der Waals surface area contributed by atoms with Gasteiger partial charge in [0.1, 0.15) is 5.69 Å². The molecule has 0 radical (unpaired) electrons. The Bertz CT molecular complexity index is 639. The van der Waals surface area contributed by atoms with Crippen LogP contribution in [0.15, 0.2) is 42.5 Å². The van der Waals surface area contributed by atoms with Crippen molar-refractivity contribution in [2.24, 2.45) is 0 Å². The molecule has 2 aromatic rings. The van der Waals surface area contributed by atoms with Crippen LogP contribution in [0.2, 0.25) is 0 Å². The second-order valence-electron chi connectivity index (χ2n) is 5.51. The van der Waals surface area contributed by atoms with E-state index in [9.17, 15) is 4.79 Å². The Kier molecular flexibility index (Phi) is 6.11. The highest BCUT2D eigenvalue weighted by molar-refractivity contribution is 5.92. The van der Waals surface area contributed by atoms with E-state index in [-0.39, 0.29) is 18.6 Å². The van der Waals surface area contributed by atoms with Crippen LogP contribution in [0.25, 0.3) is 0 Å². The average Bonchev–Trinajstić information content (AvgIpc) is 2.55. The lowest BCUT2D eigenvalue weighted by Gasteiger charge is -2.10. The third kappa shape index (κ3) is 5.38. The van der Waals surface area contributed by atoms with E-state index in [1.807, 2.05) is 38.1 Å². The van der Waals surface area contributed by atoms with Gasteiger partial charge >= 0.3 is 0 Å². The molecule has 0 fully saturated rings. The number of benzene rings is 1. The standard InChI is InChI=1S/C18H22N2O3/c1-13(2)23-17-5-3-4-16(20-17)18(22)19-11-10-14-6-8-15(12-21)9-7-14/h3-9,13,21H,10-12H2,1-2H3,(H,19,22). The Labute approximate surface area is 136 Å². The molecule has 0 spiro atoms. The molecule has 0 aliphatic rings. The lowest BCUT2D eigenvalue weighted by atomic mass is 10.1. The quantitative estimate of drug-likeness (QED) is 0.823. The summed E-state index contributed by atoms with van der Waals surface area (Å²) in [6.07, 6.45) is 0.738. The Morgan fingerprint density at radius 2 is 1.87 bits per heavy atom. The lowest BCUT2D eigenvalue weighted by molar-refractivity contribution is 0.0947. The molecule has 1 amide bonds. The van der Waals surface area contributed by atoms with E-state index in [1.165, 1.54) is 0 Å². The summed E-state index contributed by atoms with van der Waals surface area (Å²) in [6, 6.07) is 12.8. The molecule has 5 nitrogen and oxygen atoms in total. The number of ether oxygens (including phenoxy) is 1. The number of nitrogens with zero attached hydrogens (tertiary/aromatic N) is 1. The minimum Gasteiger partial charge on any atom is -0.475 e. The van der Waals surface area contributed by atoms with Crippen molar-refractivity contribution in [1.29, 1.82) is 0 Å². The number of hydrogen-bond acceptors (Lipinski definition) is 4. The van der Waals surface area contributed by atoms with E-state index in [2.05, 4.69) is 10.3 Å². The van der Waals surface area contributed by atoms with E-state index >= 15 is 0 Å². The minimum atomic E-state index is -0.216. The highest BCUT2D eigenvalue weighted by Gasteiger charge is 2.08. The van der Waals surface area contributed by atoms with E-state index in [0.717, 1.165) is 17.5 Å². The SMILES string of the molecule is CC(C)Oc1cccc(C(=O)NCCc2ccc(CO)cc2)n1. The fourth-order valence-corrected chi connectivity index (χ4v) is 2.07. The predicted molar refractivity (Wildman–Crippen MR) is 88.4 cm³/mol. The van der Waals surface area contributed by atoms with Crippen molar-refractivity contribution in [1.82, 2.24) is 10.3 Å². The molecule has 122 valence electrons. The maximum Gasteiger partial charge on any atom is 0.270 e. The van der Waals surface area contributed by atoms with Crippen LogP contribution < -0.4 is 10.1 Å². The largest absolute Gasteiger partial charge is 0.475 e. The molecule has 1 aromatic heterocycles. The van der Waals surface area contributed by atoms with E-state index in [0.29, 0.717) is 18.1 Å². The highest BCUT2D eigenvalue weighted by atomic mass is 16.5. The van der Waals surface area contributed by atoms with E-state index < -0.39 is 0 Å². The van der Waals surface area contributed by atoms with Gasteiger partial charge in [-0.25, -0.2) is 4.98 Å². The van der Waals surface area contributed by atoms with Gasteiger partial charge < -0.3 is 15.2 Å². The first-order valence-corrected chi connectivity index (χ1v) is 7.69. The molecule has 1 heterocycles. The van der Waals surface area contributed by atoms with Crippen LogP contribution in [-0.4, -0.2) is 28.6 Å². The van der Waals surface area contributed by atoms with Crippen LogP contribution in [0.4, 0.5) is 0 Å². The van der Waals surface area contributed by atoms with Crippen molar-refractivity contribution >= 4 is 5.91 Å². The first-order chi connectivity index (χ1) is 11.1. The number of aliphatic hydroxyl groups excluding tert-OH is 1. The van der Waals surface area contributed by atoms with Crippen LogP contribution in [0, 0.1) is 0 Å². The van der Waals surface area contributed by atoms with Crippen molar-refractivity contribution in [2.45, 2.75) is 33.0 Å². The number of carbonyl (C=O) groups is 1. The van der Waals surface area contributed by atoms with E-state index in [4.69, 9.17) is 9.84 Å². The fraction of sp³-hybridized carbons (Fsp3) is 0.333. The summed E-state index contributed by atoms with van der Waals surface area (Å²) in [6.45, 7) is 4.39. The van der Waals surface area contributed by atoms with Gasteiger partial charge in [-0.05, 0) is 37.5 Å². The number of aromatic nitrogens is 1. The van der Waals surface area contributed by atoms with E-state index in [1.54, 1.807) is 18.2 Å². The zero-order valence-electron chi connectivity index (χ0n) is 13.5. The maximum atomic E-state index is 12.1. The van der Waals surface area contributed by atoms with Crippen LogP contribution >= 0.6 is 0 Å². The summed E-state index contributed by atoms with van der Waals surface area (Å²) in [7, 11) is 0. The topological polar surface area (TPSA) is 71.5 Å². The first kappa shape index (κ1) is 17.0.